The number of aromatic nitrogens is 2. The van der Waals surface area contributed by atoms with Gasteiger partial charge in [-0.15, -0.1) is 0 Å². The Hall–Kier alpha value is -2.63. The van der Waals surface area contributed by atoms with E-state index in [9.17, 15) is 9.18 Å². The van der Waals surface area contributed by atoms with Gasteiger partial charge in [-0.1, -0.05) is 44.1 Å². The molecular formula is C23H32FN3O2. The van der Waals surface area contributed by atoms with E-state index in [1.54, 1.807) is 36.0 Å². The lowest BCUT2D eigenvalue weighted by atomic mass is 10.1. The standard InChI is InChI=1S/C23H32FN3O2/c1-4-6-7-8-9-10-11-15-29-21-14-12-13-18(22(21)24)17-25-23(28)20-16-19(5-2)26-27(20)3/h4,6,12-14,16H,5,7-11,15,17H2,1-3H3,(H,25,28). The van der Waals surface area contributed by atoms with Crippen LogP contribution in [0.25, 0.3) is 0 Å². The van der Waals surface area contributed by atoms with Crippen LogP contribution in [-0.2, 0) is 20.0 Å². The number of ether oxygens (including phenoxy) is 1. The van der Waals surface area contributed by atoms with Crippen LogP contribution < -0.4 is 10.1 Å². The summed E-state index contributed by atoms with van der Waals surface area (Å²) in [5.74, 6) is -0.456. The van der Waals surface area contributed by atoms with Crippen LogP contribution in [0, 0.1) is 5.82 Å². The van der Waals surface area contributed by atoms with Crippen molar-refractivity contribution in [1.29, 1.82) is 0 Å². The summed E-state index contributed by atoms with van der Waals surface area (Å²) < 4.78 is 21.8. The first kappa shape index (κ1) is 22.7. The number of hydrogen-bond donors (Lipinski definition) is 1. The molecule has 0 aliphatic heterocycles. The Bertz CT molecular complexity index is 814. The molecule has 0 aliphatic rings. The van der Waals surface area contributed by atoms with Gasteiger partial charge in [0.25, 0.3) is 5.91 Å². The van der Waals surface area contributed by atoms with E-state index in [1.165, 1.54) is 6.42 Å². The number of allylic oxidation sites excluding steroid dienone is 2. The average Bonchev–Trinajstić information content (AvgIpc) is 3.11. The summed E-state index contributed by atoms with van der Waals surface area (Å²) in [4.78, 5) is 12.4. The van der Waals surface area contributed by atoms with Gasteiger partial charge in [-0.05, 0) is 44.7 Å². The number of unbranched alkanes of at least 4 members (excludes halogenated alkanes) is 4. The Morgan fingerprint density at radius 1 is 1.28 bits per heavy atom. The third kappa shape index (κ3) is 7.04. The summed E-state index contributed by atoms with van der Waals surface area (Å²) in [5.41, 5.74) is 1.71. The molecule has 0 atom stereocenters. The van der Waals surface area contributed by atoms with Crippen LogP contribution in [0.5, 0.6) is 5.75 Å². The van der Waals surface area contributed by atoms with Crippen molar-refractivity contribution in [1.82, 2.24) is 15.1 Å². The van der Waals surface area contributed by atoms with Crippen LogP contribution in [-0.4, -0.2) is 22.3 Å². The molecule has 0 bridgehead atoms. The van der Waals surface area contributed by atoms with Gasteiger partial charge < -0.3 is 10.1 Å². The highest BCUT2D eigenvalue weighted by Crippen LogP contribution is 2.21. The largest absolute Gasteiger partial charge is 0.491 e. The highest BCUT2D eigenvalue weighted by Gasteiger charge is 2.14. The molecule has 0 aliphatic carbocycles. The topological polar surface area (TPSA) is 56.1 Å². The van der Waals surface area contributed by atoms with Crippen LogP contribution in [0.3, 0.4) is 0 Å². The Balaban J connectivity index is 1.81. The molecule has 0 radical (unpaired) electrons. The predicted octanol–water partition coefficient (Wildman–Crippen LogP) is 4.96. The average molecular weight is 402 g/mol. The summed E-state index contributed by atoms with van der Waals surface area (Å²) in [6.45, 7) is 4.60. The van der Waals surface area contributed by atoms with E-state index in [0.717, 1.165) is 37.8 Å². The zero-order valence-electron chi connectivity index (χ0n) is 17.7. The maximum Gasteiger partial charge on any atom is 0.269 e. The van der Waals surface area contributed by atoms with E-state index in [2.05, 4.69) is 22.6 Å². The molecule has 0 saturated carbocycles. The van der Waals surface area contributed by atoms with Crippen LogP contribution in [0.4, 0.5) is 4.39 Å². The van der Waals surface area contributed by atoms with Gasteiger partial charge in [0.1, 0.15) is 5.69 Å². The van der Waals surface area contributed by atoms with Crippen molar-refractivity contribution in [3.63, 3.8) is 0 Å². The van der Waals surface area contributed by atoms with E-state index in [0.29, 0.717) is 17.9 Å². The van der Waals surface area contributed by atoms with E-state index in [-0.39, 0.29) is 18.2 Å². The quantitative estimate of drug-likeness (QED) is 0.404. The van der Waals surface area contributed by atoms with Crippen molar-refractivity contribution in [2.75, 3.05) is 6.61 Å². The maximum absolute atomic E-state index is 14.7. The SMILES string of the molecule is CC=CCCCCCCOc1cccc(CNC(=O)c2cc(CC)nn2C)c1F. The van der Waals surface area contributed by atoms with Crippen LogP contribution in [0.15, 0.2) is 36.4 Å². The Morgan fingerprint density at radius 2 is 2.07 bits per heavy atom. The minimum atomic E-state index is -0.417. The molecule has 29 heavy (non-hydrogen) atoms. The van der Waals surface area contributed by atoms with Crippen molar-refractivity contribution >= 4 is 5.91 Å². The van der Waals surface area contributed by atoms with Gasteiger partial charge in [-0.3, -0.25) is 9.48 Å². The fourth-order valence-electron chi connectivity index (χ4n) is 3.05. The number of hydrogen-bond acceptors (Lipinski definition) is 3. The molecule has 158 valence electrons. The molecule has 1 aromatic carbocycles. The Morgan fingerprint density at radius 3 is 2.79 bits per heavy atom. The first-order valence-electron chi connectivity index (χ1n) is 10.4. The smallest absolute Gasteiger partial charge is 0.269 e. The third-order valence-electron chi connectivity index (χ3n) is 4.77. The Kier molecular flexibility index (Phi) is 9.41. The highest BCUT2D eigenvalue weighted by molar-refractivity contribution is 5.92. The zero-order valence-corrected chi connectivity index (χ0v) is 17.7. The number of aryl methyl sites for hydroxylation is 2. The second kappa shape index (κ2) is 12.0. The molecule has 2 aromatic rings. The summed E-state index contributed by atoms with van der Waals surface area (Å²) >= 11 is 0. The summed E-state index contributed by atoms with van der Waals surface area (Å²) in [6.07, 6.45) is 10.4. The predicted molar refractivity (Wildman–Crippen MR) is 114 cm³/mol. The number of nitrogens with zero attached hydrogens (tertiary/aromatic N) is 2. The van der Waals surface area contributed by atoms with E-state index in [4.69, 9.17) is 4.74 Å². The zero-order chi connectivity index (χ0) is 21.1. The first-order valence-corrected chi connectivity index (χ1v) is 10.4. The first-order chi connectivity index (χ1) is 14.1. The van der Waals surface area contributed by atoms with Crippen LogP contribution >= 0.6 is 0 Å². The van der Waals surface area contributed by atoms with Gasteiger partial charge in [-0.2, -0.15) is 5.10 Å². The van der Waals surface area contributed by atoms with Crippen molar-refractivity contribution in [2.24, 2.45) is 7.05 Å². The van der Waals surface area contributed by atoms with Gasteiger partial charge in [0, 0.05) is 19.2 Å². The second-order valence-corrected chi connectivity index (χ2v) is 7.03. The summed E-state index contributed by atoms with van der Waals surface area (Å²) in [7, 11) is 1.73. The molecule has 1 aromatic heterocycles. The van der Waals surface area contributed by atoms with Gasteiger partial charge in [0.15, 0.2) is 11.6 Å². The lowest BCUT2D eigenvalue weighted by Crippen LogP contribution is -2.25. The number of carbonyl (C=O) groups is 1. The fraction of sp³-hybridized carbons (Fsp3) is 0.478. The lowest BCUT2D eigenvalue weighted by Gasteiger charge is -2.11. The molecule has 6 heteroatoms. The second-order valence-electron chi connectivity index (χ2n) is 7.03. The van der Waals surface area contributed by atoms with E-state index >= 15 is 0 Å². The molecular weight excluding hydrogens is 369 g/mol. The summed E-state index contributed by atoms with van der Waals surface area (Å²) in [5, 5.41) is 7.03. The van der Waals surface area contributed by atoms with Gasteiger partial charge in [0.2, 0.25) is 0 Å². The number of rotatable bonds is 12. The van der Waals surface area contributed by atoms with Crippen LogP contribution in [0.2, 0.25) is 0 Å². The molecule has 5 nitrogen and oxygen atoms in total. The van der Waals surface area contributed by atoms with E-state index in [1.807, 2.05) is 13.8 Å². The van der Waals surface area contributed by atoms with Crippen LogP contribution in [0.1, 0.15) is 67.7 Å². The minimum Gasteiger partial charge on any atom is -0.491 e. The number of amides is 1. The Labute approximate surface area is 173 Å². The molecule has 0 fully saturated rings. The molecule has 1 amide bonds. The fourth-order valence-corrected chi connectivity index (χ4v) is 3.05. The van der Waals surface area contributed by atoms with Crippen molar-refractivity contribution in [3.8, 4) is 5.75 Å². The third-order valence-corrected chi connectivity index (χ3v) is 4.77. The van der Waals surface area contributed by atoms with Crippen molar-refractivity contribution in [2.45, 2.75) is 58.9 Å². The maximum atomic E-state index is 14.7. The van der Waals surface area contributed by atoms with Gasteiger partial charge in [-0.25, -0.2) is 4.39 Å². The summed E-state index contributed by atoms with van der Waals surface area (Å²) in [6, 6.07) is 6.78. The van der Waals surface area contributed by atoms with Gasteiger partial charge in [0.05, 0.1) is 12.3 Å². The lowest BCUT2D eigenvalue weighted by molar-refractivity contribution is 0.0941. The van der Waals surface area contributed by atoms with Gasteiger partial charge >= 0.3 is 0 Å². The molecule has 0 spiro atoms. The molecule has 0 unspecified atom stereocenters. The number of benzene rings is 1. The molecule has 0 saturated heterocycles. The van der Waals surface area contributed by atoms with Crippen molar-refractivity contribution in [3.05, 3.63) is 59.2 Å². The highest BCUT2D eigenvalue weighted by atomic mass is 19.1. The number of halogens is 1. The minimum absolute atomic E-state index is 0.0967. The molecule has 2 rings (SSSR count). The normalized spacial score (nSPS) is 11.2. The molecule has 1 heterocycles. The number of nitrogens with one attached hydrogen (secondary N) is 1. The monoisotopic (exact) mass is 401 g/mol. The van der Waals surface area contributed by atoms with Crippen molar-refractivity contribution < 1.29 is 13.9 Å². The number of carbonyl (C=O) groups excluding carboxylic acids is 1. The van der Waals surface area contributed by atoms with E-state index < -0.39 is 5.82 Å². The molecule has 1 N–H and O–H groups in total.